The number of hydrogen-bond acceptors (Lipinski definition) is 2. The molecule has 1 saturated heterocycles. The first-order chi connectivity index (χ1) is 11.1. The van der Waals surface area contributed by atoms with Gasteiger partial charge in [0, 0.05) is 23.7 Å². The Morgan fingerprint density at radius 1 is 1.39 bits per heavy atom. The third-order valence-electron chi connectivity index (χ3n) is 4.89. The number of nitrogens with zero attached hydrogens (tertiary/aromatic N) is 1. The van der Waals surface area contributed by atoms with Crippen molar-refractivity contribution in [3.8, 4) is 0 Å². The summed E-state index contributed by atoms with van der Waals surface area (Å²) in [4.78, 5) is 15.2. The zero-order valence-corrected chi connectivity index (χ0v) is 15.6. The summed E-state index contributed by atoms with van der Waals surface area (Å²) in [6.07, 6.45) is 4.77. The van der Waals surface area contributed by atoms with E-state index in [1.807, 2.05) is 4.90 Å². The summed E-state index contributed by atoms with van der Waals surface area (Å²) in [5.41, 5.74) is 3.76. The van der Waals surface area contributed by atoms with Gasteiger partial charge in [-0.1, -0.05) is 41.9 Å². The number of rotatable bonds is 4. The van der Waals surface area contributed by atoms with Gasteiger partial charge in [0.05, 0.1) is 0 Å². The van der Waals surface area contributed by atoms with Crippen molar-refractivity contribution in [1.82, 2.24) is 0 Å². The van der Waals surface area contributed by atoms with Gasteiger partial charge in [0.2, 0.25) is 0 Å². The smallest absolute Gasteiger partial charge is 0.256 e. The summed E-state index contributed by atoms with van der Waals surface area (Å²) in [6.45, 7) is 6.01. The lowest BCUT2D eigenvalue weighted by Gasteiger charge is -2.31. The molecule has 2 atom stereocenters. The van der Waals surface area contributed by atoms with Gasteiger partial charge >= 0.3 is 0 Å². The summed E-state index contributed by atoms with van der Waals surface area (Å²) >= 11 is 3.77. The Morgan fingerprint density at radius 3 is 2.91 bits per heavy atom. The van der Waals surface area contributed by atoms with Crippen LogP contribution in [0.25, 0.3) is 0 Å². The standard InChI is InChI=1S/C19H26BrNO2/c1-13(2)16(20)12-14-7-8-17-15(11-14)5-3-9-21(17)19(22)18-6-4-10-23-18/h7-8,11,13,16,18H,3-6,9-10,12H2,1-2H3. The second-order valence-electron chi connectivity index (χ2n) is 7.02. The summed E-state index contributed by atoms with van der Waals surface area (Å²) in [5, 5.41) is 0. The molecule has 0 radical (unpaired) electrons. The Hall–Kier alpha value is -0.870. The monoisotopic (exact) mass is 379 g/mol. The predicted octanol–water partition coefficient (Wildman–Crippen LogP) is 4.11. The number of anilines is 1. The van der Waals surface area contributed by atoms with Crippen LogP contribution < -0.4 is 4.90 Å². The summed E-state index contributed by atoms with van der Waals surface area (Å²) in [6, 6.07) is 6.61. The number of fused-ring (bicyclic) bond motifs is 1. The molecule has 2 aliphatic rings. The lowest BCUT2D eigenvalue weighted by atomic mass is 9.95. The van der Waals surface area contributed by atoms with Crippen LogP contribution in [0.2, 0.25) is 0 Å². The molecule has 0 bridgehead atoms. The molecular weight excluding hydrogens is 354 g/mol. The van der Waals surface area contributed by atoms with Crippen LogP contribution in [-0.4, -0.2) is 30.0 Å². The highest BCUT2D eigenvalue weighted by atomic mass is 79.9. The molecule has 2 heterocycles. The quantitative estimate of drug-likeness (QED) is 0.736. The van der Waals surface area contributed by atoms with Gasteiger partial charge in [-0.25, -0.2) is 0 Å². The fourth-order valence-electron chi connectivity index (χ4n) is 3.41. The van der Waals surface area contributed by atoms with Crippen molar-refractivity contribution in [1.29, 1.82) is 0 Å². The third kappa shape index (κ3) is 3.80. The first kappa shape index (κ1) is 17.0. The lowest BCUT2D eigenvalue weighted by molar-refractivity contribution is -0.127. The Labute approximate surface area is 147 Å². The van der Waals surface area contributed by atoms with Crippen LogP contribution in [-0.2, 0) is 22.4 Å². The van der Waals surface area contributed by atoms with Gasteiger partial charge in [0.1, 0.15) is 6.10 Å². The zero-order chi connectivity index (χ0) is 16.4. The molecule has 23 heavy (non-hydrogen) atoms. The van der Waals surface area contributed by atoms with E-state index in [1.54, 1.807) is 0 Å². The molecule has 0 N–H and O–H groups in total. The molecule has 2 unspecified atom stereocenters. The highest BCUT2D eigenvalue weighted by molar-refractivity contribution is 9.09. The molecule has 1 aromatic carbocycles. The number of halogens is 1. The van der Waals surface area contributed by atoms with Crippen LogP contribution in [0.4, 0.5) is 5.69 Å². The average Bonchev–Trinajstić information content (AvgIpc) is 3.07. The number of aryl methyl sites for hydroxylation is 1. The maximum atomic E-state index is 12.7. The minimum atomic E-state index is -0.228. The SMILES string of the molecule is CC(C)C(Br)Cc1ccc2c(c1)CCCN2C(=O)C1CCCO1. The number of benzene rings is 1. The molecule has 2 aliphatic heterocycles. The fraction of sp³-hybridized carbons (Fsp3) is 0.632. The Balaban J connectivity index is 1.78. The van der Waals surface area contributed by atoms with Gasteiger partial charge in [0.15, 0.2) is 0 Å². The fourth-order valence-corrected chi connectivity index (χ4v) is 3.79. The molecule has 4 heteroatoms. The van der Waals surface area contributed by atoms with Crippen LogP contribution in [0.1, 0.15) is 44.2 Å². The molecule has 3 rings (SSSR count). The molecule has 0 aromatic heterocycles. The van der Waals surface area contributed by atoms with Gasteiger partial charge in [-0.05, 0) is 55.2 Å². The van der Waals surface area contributed by atoms with E-state index < -0.39 is 0 Å². The molecule has 0 saturated carbocycles. The van der Waals surface area contributed by atoms with Gasteiger partial charge in [0.25, 0.3) is 5.91 Å². The van der Waals surface area contributed by atoms with Crippen molar-refractivity contribution in [2.75, 3.05) is 18.1 Å². The van der Waals surface area contributed by atoms with E-state index in [2.05, 4.69) is 48.0 Å². The van der Waals surface area contributed by atoms with Crippen LogP contribution in [0.5, 0.6) is 0 Å². The summed E-state index contributed by atoms with van der Waals surface area (Å²) in [5.74, 6) is 0.764. The number of carbonyl (C=O) groups is 1. The number of alkyl halides is 1. The van der Waals surface area contributed by atoms with Crippen molar-refractivity contribution >= 4 is 27.5 Å². The van der Waals surface area contributed by atoms with Crippen molar-refractivity contribution in [3.63, 3.8) is 0 Å². The van der Waals surface area contributed by atoms with Crippen LogP contribution >= 0.6 is 15.9 Å². The van der Waals surface area contributed by atoms with Gasteiger partial charge in [-0.2, -0.15) is 0 Å². The Kier molecular flexibility index (Phi) is 5.42. The van der Waals surface area contributed by atoms with Crippen molar-refractivity contribution < 1.29 is 9.53 Å². The van der Waals surface area contributed by atoms with Crippen molar-refractivity contribution in [3.05, 3.63) is 29.3 Å². The van der Waals surface area contributed by atoms with Gasteiger partial charge in [-0.3, -0.25) is 4.79 Å². The van der Waals surface area contributed by atoms with E-state index in [9.17, 15) is 4.79 Å². The van der Waals surface area contributed by atoms with Crippen LogP contribution in [0, 0.1) is 5.92 Å². The van der Waals surface area contributed by atoms with E-state index in [-0.39, 0.29) is 12.0 Å². The molecular formula is C19H26BrNO2. The summed E-state index contributed by atoms with van der Waals surface area (Å²) < 4.78 is 5.59. The first-order valence-electron chi connectivity index (χ1n) is 8.75. The second kappa shape index (κ2) is 7.35. The van der Waals surface area contributed by atoms with Crippen LogP contribution in [0.3, 0.4) is 0 Å². The molecule has 0 aliphatic carbocycles. The van der Waals surface area contributed by atoms with Crippen molar-refractivity contribution in [2.45, 2.75) is 56.9 Å². The largest absolute Gasteiger partial charge is 0.368 e. The highest BCUT2D eigenvalue weighted by Gasteiger charge is 2.31. The summed E-state index contributed by atoms with van der Waals surface area (Å²) in [7, 11) is 0. The molecule has 1 amide bonds. The molecule has 126 valence electrons. The zero-order valence-electron chi connectivity index (χ0n) is 14.1. The first-order valence-corrected chi connectivity index (χ1v) is 9.66. The lowest BCUT2D eigenvalue weighted by Crippen LogP contribution is -2.42. The third-order valence-corrected chi connectivity index (χ3v) is 6.27. The minimum Gasteiger partial charge on any atom is -0.368 e. The normalized spacial score (nSPS) is 22.3. The number of amides is 1. The maximum Gasteiger partial charge on any atom is 0.256 e. The minimum absolute atomic E-state index is 0.150. The topological polar surface area (TPSA) is 29.5 Å². The number of ether oxygens (including phenoxy) is 1. The number of carbonyl (C=O) groups excluding carboxylic acids is 1. The molecule has 1 fully saturated rings. The molecule has 0 spiro atoms. The maximum absolute atomic E-state index is 12.7. The van der Waals surface area contributed by atoms with Crippen molar-refractivity contribution in [2.24, 2.45) is 5.92 Å². The highest BCUT2D eigenvalue weighted by Crippen LogP contribution is 2.31. The van der Waals surface area contributed by atoms with Gasteiger partial charge in [-0.15, -0.1) is 0 Å². The van der Waals surface area contributed by atoms with E-state index >= 15 is 0 Å². The average molecular weight is 380 g/mol. The van der Waals surface area contributed by atoms with E-state index in [0.29, 0.717) is 10.7 Å². The number of hydrogen-bond donors (Lipinski definition) is 0. The Bertz CT molecular complexity index is 566. The Morgan fingerprint density at radius 2 is 2.22 bits per heavy atom. The molecule has 3 nitrogen and oxygen atoms in total. The van der Waals surface area contributed by atoms with Gasteiger partial charge < -0.3 is 9.64 Å². The van der Waals surface area contributed by atoms with E-state index in [4.69, 9.17) is 4.74 Å². The second-order valence-corrected chi connectivity index (χ2v) is 8.20. The molecule has 1 aromatic rings. The predicted molar refractivity (Wildman–Crippen MR) is 97.3 cm³/mol. The van der Waals surface area contributed by atoms with Crippen LogP contribution in [0.15, 0.2) is 18.2 Å². The van der Waals surface area contributed by atoms with E-state index in [0.717, 1.165) is 50.9 Å². The van der Waals surface area contributed by atoms with E-state index in [1.165, 1.54) is 11.1 Å².